The molecule has 0 atom stereocenters. The van der Waals surface area contributed by atoms with Crippen LogP contribution >= 0.6 is 0 Å². The normalized spacial score (nSPS) is 10.5. The molecule has 0 radical (unpaired) electrons. The zero-order valence-corrected chi connectivity index (χ0v) is 10.3. The number of aryl methyl sites for hydroxylation is 1. The van der Waals surface area contributed by atoms with Crippen LogP contribution in [0.15, 0.2) is 48.5 Å². The molecular formula is C15H12F2O2. The van der Waals surface area contributed by atoms with Crippen molar-refractivity contribution in [3.05, 3.63) is 65.2 Å². The van der Waals surface area contributed by atoms with Gasteiger partial charge in [-0.15, -0.1) is 0 Å². The van der Waals surface area contributed by atoms with Crippen LogP contribution in [-0.4, -0.2) is 12.4 Å². The first-order valence-corrected chi connectivity index (χ1v) is 5.72. The highest BCUT2D eigenvalue weighted by Gasteiger charge is 2.11. The van der Waals surface area contributed by atoms with Gasteiger partial charge < -0.3 is 4.74 Å². The van der Waals surface area contributed by atoms with E-state index in [2.05, 4.69) is 4.74 Å². The van der Waals surface area contributed by atoms with E-state index in [0.29, 0.717) is 11.1 Å². The molecule has 0 aliphatic carbocycles. The molecule has 0 fully saturated rings. The Morgan fingerprint density at radius 3 is 2.37 bits per heavy atom. The van der Waals surface area contributed by atoms with Crippen LogP contribution in [0.5, 0.6) is 5.75 Å². The molecule has 0 N–H and O–H groups in total. The molecule has 98 valence electrons. The molecule has 2 rings (SSSR count). The average Bonchev–Trinajstić information content (AvgIpc) is 2.38. The summed E-state index contributed by atoms with van der Waals surface area (Å²) in [6, 6.07) is 12.8. The summed E-state index contributed by atoms with van der Waals surface area (Å²) in [5.41, 5.74) is 1.88. The van der Waals surface area contributed by atoms with Gasteiger partial charge in [-0.25, -0.2) is 0 Å². The van der Waals surface area contributed by atoms with E-state index in [4.69, 9.17) is 0 Å². The standard InChI is InChI=1S/C15H12F2O2/c1-10-5-7-11(8-6-10)14(18)12-3-2-4-13(9-12)19-15(16)17/h2-9,15H,1H3. The molecule has 0 amide bonds. The molecule has 2 aromatic carbocycles. The molecule has 0 aliphatic heterocycles. The Bertz CT molecular complexity index is 577. The van der Waals surface area contributed by atoms with Gasteiger partial charge in [0.2, 0.25) is 0 Å². The van der Waals surface area contributed by atoms with Crippen molar-refractivity contribution < 1.29 is 18.3 Å². The Balaban J connectivity index is 2.26. The van der Waals surface area contributed by atoms with Crippen molar-refractivity contribution in [2.45, 2.75) is 13.5 Å². The third kappa shape index (κ3) is 3.37. The lowest BCUT2D eigenvalue weighted by Crippen LogP contribution is -2.05. The summed E-state index contributed by atoms with van der Waals surface area (Å²) in [4.78, 5) is 12.2. The Morgan fingerprint density at radius 2 is 1.74 bits per heavy atom. The van der Waals surface area contributed by atoms with E-state index in [1.54, 1.807) is 18.2 Å². The van der Waals surface area contributed by atoms with E-state index < -0.39 is 6.61 Å². The number of ether oxygens (including phenoxy) is 1. The lowest BCUT2D eigenvalue weighted by atomic mass is 10.0. The lowest BCUT2D eigenvalue weighted by molar-refractivity contribution is -0.0498. The Labute approximate surface area is 109 Å². The van der Waals surface area contributed by atoms with Gasteiger partial charge in [0.25, 0.3) is 0 Å². The van der Waals surface area contributed by atoms with Crippen molar-refractivity contribution in [1.29, 1.82) is 0 Å². The van der Waals surface area contributed by atoms with Crippen molar-refractivity contribution in [2.75, 3.05) is 0 Å². The van der Waals surface area contributed by atoms with Gasteiger partial charge >= 0.3 is 6.61 Å². The molecule has 4 heteroatoms. The molecule has 0 saturated heterocycles. The fraction of sp³-hybridized carbons (Fsp3) is 0.133. The molecule has 0 aliphatic rings. The van der Waals surface area contributed by atoms with Crippen LogP contribution in [0.25, 0.3) is 0 Å². The van der Waals surface area contributed by atoms with Gasteiger partial charge in [0.1, 0.15) is 5.75 Å². The second-order valence-corrected chi connectivity index (χ2v) is 4.10. The third-order valence-electron chi connectivity index (χ3n) is 2.64. The number of ketones is 1. The van der Waals surface area contributed by atoms with Crippen LogP contribution in [0.1, 0.15) is 21.5 Å². The van der Waals surface area contributed by atoms with Crippen LogP contribution in [0.4, 0.5) is 8.78 Å². The smallest absolute Gasteiger partial charge is 0.387 e. The molecule has 0 aromatic heterocycles. The largest absolute Gasteiger partial charge is 0.435 e. The molecule has 0 unspecified atom stereocenters. The summed E-state index contributed by atoms with van der Waals surface area (Å²) in [6.07, 6.45) is 0. The van der Waals surface area contributed by atoms with E-state index in [9.17, 15) is 13.6 Å². The van der Waals surface area contributed by atoms with Gasteiger partial charge in [-0.2, -0.15) is 8.78 Å². The molecule has 2 nitrogen and oxygen atoms in total. The monoisotopic (exact) mass is 262 g/mol. The number of carbonyl (C=O) groups is 1. The van der Waals surface area contributed by atoms with Crippen LogP contribution in [-0.2, 0) is 0 Å². The molecular weight excluding hydrogens is 250 g/mol. The fourth-order valence-corrected chi connectivity index (χ4v) is 1.69. The number of alkyl halides is 2. The summed E-state index contributed by atoms with van der Waals surface area (Å²) in [6.45, 7) is -0.976. The maximum absolute atomic E-state index is 12.2. The second-order valence-electron chi connectivity index (χ2n) is 4.10. The van der Waals surface area contributed by atoms with Gasteiger partial charge in [-0.05, 0) is 19.1 Å². The van der Waals surface area contributed by atoms with Gasteiger partial charge in [-0.3, -0.25) is 4.79 Å². The van der Waals surface area contributed by atoms with Crippen molar-refractivity contribution >= 4 is 5.78 Å². The highest BCUT2D eigenvalue weighted by atomic mass is 19.3. The van der Waals surface area contributed by atoms with Crippen LogP contribution in [0.2, 0.25) is 0 Å². The summed E-state index contributed by atoms with van der Waals surface area (Å²) in [5.74, 6) is -0.243. The summed E-state index contributed by atoms with van der Waals surface area (Å²) in [5, 5.41) is 0. The number of carbonyl (C=O) groups excluding carboxylic acids is 1. The number of hydrogen-bond donors (Lipinski definition) is 0. The van der Waals surface area contributed by atoms with E-state index >= 15 is 0 Å². The Morgan fingerprint density at radius 1 is 1.05 bits per heavy atom. The average molecular weight is 262 g/mol. The van der Waals surface area contributed by atoms with Crippen LogP contribution < -0.4 is 4.74 Å². The summed E-state index contributed by atoms with van der Waals surface area (Å²) in [7, 11) is 0. The zero-order chi connectivity index (χ0) is 13.8. The number of halogens is 2. The quantitative estimate of drug-likeness (QED) is 0.783. The minimum Gasteiger partial charge on any atom is -0.435 e. The molecule has 0 saturated carbocycles. The highest BCUT2D eigenvalue weighted by molar-refractivity contribution is 6.09. The molecule has 0 heterocycles. The molecule has 19 heavy (non-hydrogen) atoms. The van der Waals surface area contributed by atoms with Gasteiger partial charge in [-0.1, -0.05) is 42.0 Å². The maximum Gasteiger partial charge on any atom is 0.387 e. The number of rotatable bonds is 4. The summed E-state index contributed by atoms with van der Waals surface area (Å²) < 4.78 is 28.5. The Kier molecular flexibility index (Phi) is 3.90. The molecule has 0 spiro atoms. The summed E-state index contributed by atoms with van der Waals surface area (Å²) >= 11 is 0. The van der Waals surface area contributed by atoms with Crippen molar-refractivity contribution in [3.8, 4) is 5.75 Å². The van der Waals surface area contributed by atoms with E-state index in [-0.39, 0.29) is 11.5 Å². The molecule has 0 bridgehead atoms. The van der Waals surface area contributed by atoms with Crippen molar-refractivity contribution in [1.82, 2.24) is 0 Å². The predicted octanol–water partition coefficient (Wildman–Crippen LogP) is 3.83. The van der Waals surface area contributed by atoms with Gasteiger partial charge in [0, 0.05) is 11.1 Å². The van der Waals surface area contributed by atoms with Crippen LogP contribution in [0, 0.1) is 6.92 Å². The first-order chi connectivity index (χ1) is 9.06. The minimum atomic E-state index is -2.90. The second kappa shape index (κ2) is 5.61. The van der Waals surface area contributed by atoms with E-state index in [1.165, 1.54) is 18.2 Å². The predicted molar refractivity (Wildman–Crippen MR) is 67.7 cm³/mol. The van der Waals surface area contributed by atoms with Crippen molar-refractivity contribution in [3.63, 3.8) is 0 Å². The SMILES string of the molecule is Cc1ccc(C(=O)c2cccc(OC(F)F)c2)cc1. The Hall–Kier alpha value is -2.23. The zero-order valence-electron chi connectivity index (χ0n) is 10.3. The minimum absolute atomic E-state index is 0.0204. The van der Waals surface area contributed by atoms with Crippen LogP contribution in [0.3, 0.4) is 0 Å². The highest BCUT2D eigenvalue weighted by Crippen LogP contribution is 2.18. The number of benzene rings is 2. The molecule has 2 aromatic rings. The maximum atomic E-state index is 12.2. The lowest BCUT2D eigenvalue weighted by Gasteiger charge is -2.06. The topological polar surface area (TPSA) is 26.3 Å². The van der Waals surface area contributed by atoms with Crippen molar-refractivity contribution in [2.24, 2.45) is 0 Å². The van der Waals surface area contributed by atoms with E-state index in [0.717, 1.165) is 5.56 Å². The fourth-order valence-electron chi connectivity index (χ4n) is 1.69. The third-order valence-corrected chi connectivity index (χ3v) is 2.64. The van der Waals surface area contributed by atoms with E-state index in [1.807, 2.05) is 19.1 Å². The first kappa shape index (κ1) is 13.2. The van der Waals surface area contributed by atoms with Gasteiger partial charge in [0.15, 0.2) is 5.78 Å². The first-order valence-electron chi connectivity index (χ1n) is 5.72. The van der Waals surface area contributed by atoms with Gasteiger partial charge in [0.05, 0.1) is 0 Å². The number of hydrogen-bond acceptors (Lipinski definition) is 2.